The largest absolute Gasteiger partial charge is 0.367 e. The molecule has 1 aromatic heterocycles. The molecule has 3 rings (SSSR count). The van der Waals surface area contributed by atoms with Gasteiger partial charge in [-0.1, -0.05) is 12.1 Å². The van der Waals surface area contributed by atoms with Gasteiger partial charge in [-0.3, -0.25) is 14.5 Å². The lowest BCUT2D eigenvalue weighted by Crippen LogP contribution is -2.31. The Morgan fingerprint density at radius 2 is 1.67 bits per heavy atom. The molecule has 0 aliphatic carbocycles. The Balaban J connectivity index is 1.80. The Morgan fingerprint density at radius 1 is 1.00 bits per heavy atom. The summed E-state index contributed by atoms with van der Waals surface area (Å²) >= 11 is 0. The number of nitrogens with one attached hydrogen (secondary N) is 1. The van der Waals surface area contributed by atoms with E-state index in [1.54, 1.807) is 24.3 Å². The molecule has 2 heterocycles. The highest BCUT2D eigenvalue weighted by Crippen LogP contribution is 2.22. The van der Waals surface area contributed by atoms with Crippen LogP contribution in [0.3, 0.4) is 0 Å². The van der Waals surface area contributed by atoms with Gasteiger partial charge in [0.1, 0.15) is 0 Å². The highest BCUT2D eigenvalue weighted by atomic mass is 16.2. The van der Waals surface area contributed by atoms with Crippen LogP contribution in [-0.4, -0.2) is 28.2 Å². The first-order valence-electron chi connectivity index (χ1n) is 5.84. The lowest BCUT2D eigenvalue weighted by atomic mass is 10.1. The number of H-pyrrole nitrogens is 1. The van der Waals surface area contributed by atoms with Crippen molar-refractivity contribution in [1.29, 1.82) is 0 Å². The summed E-state index contributed by atoms with van der Waals surface area (Å²) in [5.74, 6) is -0.378. The molecule has 0 spiro atoms. The fraction of sp³-hybridized carbons (Fsp3) is 0.143. The van der Waals surface area contributed by atoms with Crippen LogP contribution in [-0.2, 0) is 6.42 Å². The average Bonchev–Trinajstić information content (AvgIpc) is 2.98. The minimum Gasteiger partial charge on any atom is -0.367 e. The molecule has 4 nitrogen and oxygen atoms in total. The van der Waals surface area contributed by atoms with E-state index < -0.39 is 0 Å². The van der Waals surface area contributed by atoms with Gasteiger partial charge in [0.2, 0.25) is 0 Å². The monoisotopic (exact) mass is 240 g/mol. The number of nitrogens with zero attached hydrogens (tertiary/aromatic N) is 1. The van der Waals surface area contributed by atoms with Crippen molar-refractivity contribution < 1.29 is 9.59 Å². The van der Waals surface area contributed by atoms with Crippen molar-refractivity contribution >= 4 is 11.8 Å². The summed E-state index contributed by atoms with van der Waals surface area (Å²) in [4.78, 5) is 28.4. The van der Waals surface area contributed by atoms with Crippen molar-refractivity contribution in [3.63, 3.8) is 0 Å². The lowest BCUT2D eigenvalue weighted by Gasteiger charge is -2.12. The lowest BCUT2D eigenvalue weighted by molar-refractivity contribution is 0.0656. The van der Waals surface area contributed by atoms with Gasteiger partial charge >= 0.3 is 0 Å². The molecule has 0 fully saturated rings. The van der Waals surface area contributed by atoms with E-state index in [2.05, 4.69) is 4.98 Å². The molecular formula is C14H12N2O2. The van der Waals surface area contributed by atoms with E-state index in [0.29, 0.717) is 24.1 Å². The molecule has 2 amide bonds. The number of aromatic amines is 1. The zero-order valence-corrected chi connectivity index (χ0v) is 9.72. The predicted octanol–water partition coefficient (Wildman–Crippen LogP) is 1.85. The van der Waals surface area contributed by atoms with Crippen LogP contribution in [0.4, 0.5) is 0 Å². The Hall–Kier alpha value is -2.36. The number of amides is 2. The standard InChI is InChI=1S/C14H12N2O2/c17-13-11-3-1-2-4-12(11)14(18)16(13)8-6-10-5-7-15-9-10/h1-5,7,9,15H,6,8H2. The molecule has 0 unspecified atom stereocenters. The van der Waals surface area contributed by atoms with Gasteiger partial charge in [-0.2, -0.15) is 0 Å². The van der Waals surface area contributed by atoms with Gasteiger partial charge in [-0.25, -0.2) is 0 Å². The van der Waals surface area contributed by atoms with Crippen LogP contribution >= 0.6 is 0 Å². The van der Waals surface area contributed by atoms with Crippen LogP contribution in [0.2, 0.25) is 0 Å². The first-order valence-corrected chi connectivity index (χ1v) is 5.84. The number of hydrogen-bond donors (Lipinski definition) is 1. The summed E-state index contributed by atoms with van der Waals surface area (Å²) in [5.41, 5.74) is 2.11. The Labute approximate surface area is 104 Å². The topological polar surface area (TPSA) is 53.2 Å². The van der Waals surface area contributed by atoms with Crippen LogP contribution in [0.5, 0.6) is 0 Å². The third-order valence-electron chi connectivity index (χ3n) is 3.16. The molecule has 1 aromatic carbocycles. The van der Waals surface area contributed by atoms with E-state index in [0.717, 1.165) is 5.56 Å². The summed E-state index contributed by atoms with van der Waals surface area (Å²) in [6.07, 6.45) is 4.38. The maximum atomic E-state index is 12.1. The quantitative estimate of drug-likeness (QED) is 0.832. The van der Waals surface area contributed by atoms with Crippen molar-refractivity contribution in [3.05, 3.63) is 59.4 Å². The molecule has 0 saturated carbocycles. The maximum Gasteiger partial charge on any atom is 0.261 e. The minimum absolute atomic E-state index is 0.189. The second-order valence-electron chi connectivity index (χ2n) is 4.28. The molecule has 18 heavy (non-hydrogen) atoms. The van der Waals surface area contributed by atoms with Gasteiger partial charge in [-0.05, 0) is 30.2 Å². The minimum atomic E-state index is -0.189. The molecule has 90 valence electrons. The second kappa shape index (κ2) is 4.14. The number of rotatable bonds is 3. The summed E-state index contributed by atoms with van der Waals surface area (Å²) in [5, 5.41) is 0. The highest BCUT2D eigenvalue weighted by Gasteiger charge is 2.34. The summed E-state index contributed by atoms with van der Waals surface area (Å²) in [6.45, 7) is 0.421. The molecule has 0 atom stereocenters. The van der Waals surface area contributed by atoms with Crippen LogP contribution < -0.4 is 0 Å². The fourth-order valence-corrected chi connectivity index (χ4v) is 2.20. The molecule has 0 saturated heterocycles. The number of imide groups is 1. The number of carbonyl (C=O) groups excluding carboxylic acids is 2. The molecule has 1 N–H and O–H groups in total. The van der Waals surface area contributed by atoms with Crippen molar-refractivity contribution in [2.45, 2.75) is 6.42 Å². The summed E-state index contributed by atoms with van der Waals surface area (Å²) < 4.78 is 0. The van der Waals surface area contributed by atoms with E-state index in [9.17, 15) is 9.59 Å². The Kier molecular flexibility index (Phi) is 2.48. The Morgan fingerprint density at radius 3 is 2.22 bits per heavy atom. The third-order valence-corrected chi connectivity index (χ3v) is 3.16. The fourth-order valence-electron chi connectivity index (χ4n) is 2.20. The van der Waals surface area contributed by atoms with Gasteiger partial charge < -0.3 is 4.98 Å². The normalized spacial score (nSPS) is 14.1. The van der Waals surface area contributed by atoms with Crippen molar-refractivity contribution in [1.82, 2.24) is 9.88 Å². The first-order chi connectivity index (χ1) is 8.77. The molecule has 1 aliphatic rings. The van der Waals surface area contributed by atoms with Crippen LogP contribution in [0.1, 0.15) is 26.3 Å². The van der Waals surface area contributed by atoms with E-state index in [-0.39, 0.29) is 11.8 Å². The van der Waals surface area contributed by atoms with Gasteiger partial charge in [0.15, 0.2) is 0 Å². The van der Waals surface area contributed by atoms with E-state index >= 15 is 0 Å². The summed E-state index contributed by atoms with van der Waals surface area (Å²) in [6, 6.07) is 8.90. The zero-order valence-electron chi connectivity index (χ0n) is 9.72. The van der Waals surface area contributed by atoms with Crippen LogP contribution in [0, 0.1) is 0 Å². The van der Waals surface area contributed by atoms with Crippen molar-refractivity contribution in [2.24, 2.45) is 0 Å². The van der Waals surface area contributed by atoms with E-state index in [1.807, 2.05) is 18.5 Å². The number of hydrogen-bond acceptors (Lipinski definition) is 2. The smallest absolute Gasteiger partial charge is 0.261 e. The van der Waals surface area contributed by atoms with Crippen LogP contribution in [0.15, 0.2) is 42.7 Å². The van der Waals surface area contributed by atoms with Gasteiger partial charge in [0.05, 0.1) is 11.1 Å². The number of benzene rings is 1. The van der Waals surface area contributed by atoms with E-state index in [1.165, 1.54) is 4.90 Å². The van der Waals surface area contributed by atoms with Gasteiger partial charge in [0, 0.05) is 18.9 Å². The molecule has 0 radical (unpaired) electrons. The predicted molar refractivity (Wildman–Crippen MR) is 66.3 cm³/mol. The molecule has 1 aliphatic heterocycles. The summed E-state index contributed by atoms with van der Waals surface area (Å²) in [7, 11) is 0. The molecule has 2 aromatic rings. The SMILES string of the molecule is O=C1c2ccccc2C(=O)N1CCc1cc[nH]c1. The third kappa shape index (κ3) is 1.62. The van der Waals surface area contributed by atoms with Crippen LogP contribution in [0.25, 0.3) is 0 Å². The average molecular weight is 240 g/mol. The highest BCUT2D eigenvalue weighted by molar-refractivity contribution is 6.21. The zero-order chi connectivity index (χ0) is 12.5. The first kappa shape index (κ1) is 10.8. The number of fused-ring (bicyclic) bond motifs is 1. The molecule has 4 heteroatoms. The number of carbonyl (C=O) groups is 2. The van der Waals surface area contributed by atoms with Crippen molar-refractivity contribution in [2.75, 3.05) is 6.54 Å². The maximum absolute atomic E-state index is 12.1. The second-order valence-corrected chi connectivity index (χ2v) is 4.28. The van der Waals surface area contributed by atoms with Crippen molar-refractivity contribution in [3.8, 4) is 0 Å². The van der Waals surface area contributed by atoms with Gasteiger partial charge in [-0.15, -0.1) is 0 Å². The van der Waals surface area contributed by atoms with E-state index in [4.69, 9.17) is 0 Å². The Bertz CT molecular complexity index is 567. The van der Waals surface area contributed by atoms with Gasteiger partial charge in [0.25, 0.3) is 11.8 Å². The number of aromatic nitrogens is 1. The molecular weight excluding hydrogens is 228 g/mol. The molecule has 0 bridgehead atoms.